The molecule has 2 heterocycles. The molecular weight excluding hydrogens is 240 g/mol. The summed E-state index contributed by atoms with van der Waals surface area (Å²) in [5.41, 5.74) is 1.40. The molecule has 0 fully saturated rings. The van der Waals surface area contributed by atoms with Crippen LogP contribution in [-0.2, 0) is 11.3 Å². The molecule has 0 unspecified atom stereocenters. The van der Waals surface area contributed by atoms with E-state index in [1.54, 1.807) is 11.6 Å². The number of H-pyrrole nitrogens is 1. The maximum atomic E-state index is 11.3. The highest BCUT2D eigenvalue weighted by Gasteiger charge is 2.13. The quantitative estimate of drug-likeness (QED) is 0.830. The second-order valence-electron chi connectivity index (χ2n) is 3.47. The summed E-state index contributed by atoms with van der Waals surface area (Å²) in [6.45, 7) is 0.685. The maximum absolute atomic E-state index is 11.3. The van der Waals surface area contributed by atoms with Crippen molar-refractivity contribution in [3.05, 3.63) is 29.0 Å². The predicted molar refractivity (Wildman–Crippen MR) is 64.1 cm³/mol. The van der Waals surface area contributed by atoms with Gasteiger partial charge in [0, 0.05) is 30.7 Å². The van der Waals surface area contributed by atoms with Gasteiger partial charge in [-0.2, -0.15) is 5.10 Å². The number of carbonyl (C=O) groups is 1. The molecule has 0 saturated carbocycles. The van der Waals surface area contributed by atoms with Crippen molar-refractivity contribution in [2.75, 3.05) is 19.1 Å². The lowest BCUT2D eigenvalue weighted by Crippen LogP contribution is -2.16. The Balaban J connectivity index is 2.07. The number of carbonyl (C=O) groups excluding carboxylic acids is 1. The van der Waals surface area contributed by atoms with Crippen molar-refractivity contribution in [1.82, 2.24) is 15.2 Å². The molecule has 0 amide bonds. The van der Waals surface area contributed by atoms with Gasteiger partial charge in [-0.1, -0.05) is 0 Å². The molecule has 0 bridgehead atoms. The molecule has 0 radical (unpaired) electrons. The number of esters is 1. The zero-order valence-corrected chi connectivity index (χ0v) is 10.3. The maximum Gasteiger partial charge on any atom is 0.357 e. The summed E-state index contributed by atoms with van der Waals surface area (Å²) in [6.07, 6.45) is 3.58. The minimum atomic E-state index is -0.413. The summed E-state index contributed by atoms with van der Waals surface area (Å²) in [5.74, 6) is -0.413. The van der Waals surface area contributed by atoms with Crippen LogP contribution in [0.2, 0.25) is 0 Å². The summed E-state index contributed by atoms with van der Waals surface area (Å²) in [7, 11) is 3.25. The van der Waals surface area contributed by atoms with Gasteiger partial charge in [-0.15, -0.1) is 11.3 Å². The lowest BCUT2D eigenvalue weighted by Gasteiger charge is -2.13. The van der Waals surface area contributed by atoms with Crippen LogP contribution < -0.4 is 4.90 Å². The molecular formula is C10H12N4O2S. The van der Waals surface area contributed by atoms with E-state index in [9.17, 15) is 4.79 Å². The first-order valence-electron chi connectivity index (χ1n) is 4.93. The molecule has 0 aliphatic carbocycles. The molecule has 2 rings (SSSR count). The van der Waals surface area contributed by atoms with Gasteiger partial charge < -0.3 is 9.64 Å². The fourth-order valence-electron chi connectivity index (χ4n) is 1.34. The zero-order valence-electron chi connectivity index (χ0n) is 9.51. The molecule has 2 aromatic rings. The van der Waals surface area contributed by atoms with Gasteiger partial charge in [0.2, 0.25) is 0 Å². The first-order chi connectivity index (χ1) is 8.20. The number of aromatic amines is 1. The number of hydrogen-bond donors (Lipinski definition) is 1. The molecule has 1 N–H and O–H groups in total. The van der Waals surface area contributed by atoms with Gasteiger partial charge in [0.1, 0.15) is 0 Å². The summed E-state index contributed by atoms with van der Waals surface area (Å²) < 4.78 is 4.61. The normalized spacial score (nSPS) is 10.2. The van der Waals surface area contributed by atoms with Gasteiger partial charge in [-0.3, -0.25) is 5.10 Å². The van der Waals surface area contributed by atoms with Gasteiger partial charge >= 0.3 is 5.97 Å². The largest absolute Gasteiger partial charge is 0.464 e. The first-order valence-corrected chi connectivity index (χ1v) is 5.81. The van der Waals surface area contributed by atoms with Crippen LogP contribution in [0.1, 0.15) is 16.1 Å². The number of nitrogens with zero attached hydrogens (tertiary/aromatic N) is 3. The van der Waals surface area contributed by atoms with Gasteiger partial charge in [0.05, 0.1) is 13.3 Å². The number of rotatable bonds is 4. The fraction of sp³-hybridized carbons (Fsp3) is 0.300. The van der Waals surface area contributed by atoms with Crippen LogP contribution >= 0.6 is 11.3 Å². The van der Waals surface area contributed by atoms with Gasteiger partial charge in [0.15, 0.2) is 10.8 Å². The Morgan fingerprint density at radius 2 is 2.47 bits per heavy atom. The number of nitrogens with one attached hydrogen (secondary N) is 1. The van der Waals surface area contributed by atoms with Crippen LogP contribution in [0.25, 0.3) is 0 Å². The highest BCUT2D eigenvalue weighted by atomic mass is 32.1. The highest BCUT2D eigenvalue weighted by Crippen LogP contribution is 2.21. The molecule has 0 spiro atoms. The monoisotopic (exact) mass is 252 g/mol. The molecule has 0 saturated heterocycles. The second kappa shape index (κ2) is 4.96. The van der Waals surface area contributed by atoms with Crippen molar-refractivity contribution >= 4 is 22.4 Å². The van der Waals surface area contributed by atoms with E-state index < -0.39 is 5.97 Å². The van der Waals surface area contributed by atoms with E-state index >= 15 is 0 Å². The van der Waals surface area contributed by atoms with Crippen molar-refractivity contribution in [2.24, 2.45) is 0 Å². The molecule has 0 atom stereocenters. The predicted octanol–water partition coefficient (Wildman–Crippen LogP) is 1.29. The molecule has 17 heavy (non-hydrogen) atoms. The molecule has 0 aliphatic heterocycles. The van der Waals surface area contributed by atoms with Crippen LogP contribution in [0.4, 0.5) is 5.13 Å². The molecule has 90 valence electrons. The highest BCUT2D eigenvalue weighted by molar-refractivity contribution is 7.13. The Bertz CT molecular complexity index is 494. The molecule has 0 aliphatic rings. The summed E-state index contributed by atoms with van der Waals surface area (Å²) >= 11 is 1.41. The SMILES string of the molecule is COC(=O)c1csc(N(C)Cc2cn[nH]c2)n1. The molecule has 6 nitrogen and oxygen atoms in total. The van der Waals surface area contributed by atoms with Crippen molar-refractivity contribution in [3.63, 3.8) is 0 Å². The topological polar surface area (TPSA) is 71.1 Å². The van der Waals surface area contributed by atoms with Crippen LogP contribution in [-0.4, -0.2) is 35.3 Å². The Kier molecular flexibility index (Phi) is 3.38. The van der Waals surface area contributed by atoms with Crippen LogP contribution in [0.5, 0.6) is 0 Å². The van der Waals surface area contributed by atoms with E-state index in [1.807, 2.05) is 18.1 Å². The standard InChI is InChI=1S/C10H12N4O2S/c1-14(5-7-3-11-12-4-7)10-13-8(6-17-10)9(15)16-2/h3-4,6H,5H2,1-2H3,(H,11,12). The average Bonchev–Trinajstić information content (AvgIpc) is 2.98. The average molecular weight is 252 g/mol. The number of thiazole rings is 1. The number of anilines is 1. The summed E-state index contributed by atoms with van der Waals surface area (Å²) in [6, 6.07) is 0. The number of methoxy groups -OCH3 is 1. The lowest BCUT2D eigenvalue weighted by molar-refractivity contribution is 0.0595. The van der Waals surface area contributed by atoms with E-state index in [2.05, 4.69) is 19.9 Å². The van der Waals surface area contributed by atoms with Gasteiger partial charge in [0.25, 0.3) is 0 Å². The van der Waals surface area contributed by atoms with Crippen molar-refractivity contribution in [2.45, 2.75) is 6.54 Å². The van der Waals surface area contributed by atoms with Crippen molar-refractivity contribution in [1.29, 1.82) is 0 Å². The third-order valence-electron chi connectivity index (χ3n) is 2.19. The molecule has 0 aromatic carbocycles. The van der Waals surface area contributed by atoms with E-state index in [0.717, 1.165) is 10.7 Å². The van der Waals surface area contributed by atoms with Crippen LogP contribution in [0.3, 0.4) is 0 Å². The summed E-state index contributed by atoms with van der Waals surface area (Å²) in [4.78, 5) is 17.4. The smallest absolute Gasteiger partial charge is 0.357 e. The minimum Gasteiger partial charge on any atom is -0.464 e. The number of aromatic nitrogens is 3. The molecule has 7 heteroatoms. The third kappa shape index (κ3) is 2.62. The molecule has 2 aromatic heterocycles. The first kappa shape index (κ1) is 11.6. The van der Waals surface area contributed by atoms with Crippen molar-refractivity contribution < 1.29 is 9.53 Å². The number of ether oxygens (including phenoxy) is 1. The Hall–Kier alpha value is -1.89. The third-order valence-corrected chi connectivity index (χ3v) is 3.14. The Morgan fingerprint density at radius 1 is 1.65 bits per heavy atom. The van der Waals surface area contributed by atoms with Crippen molar-refractivity contribution in [3.8, 4) is 0 Å². The lowest BCUT2D eigenvalue weighted by atomic mass is 10.3. The second-order valence-corrected chi connectivity index (χ2v) is 4.31. The number of hydrogen-bond acceptors (Lipinski definition) is 6. The fourth-order valence-corrected chi connectivity index (χ4v) is 2.11. The summed E-state index contributed by atoms with van der Waals surface area (Å²) in [5, 5.41) is 9.08. The van der Waals surface area contributed by atoms with Gasteiger partial charge in [-0.25, -0.2) is 9.78 Å². The van der Waals surface area contributed by atoms with Crippen LogP contribution in [0, 0.1) is 0 Å². The Labute approximate surface area is 102 Å². The zero-order chi connectivity index (χ0) is 12.3. The minimum absolute atomic E-state index is 0.339. The van der Waals surface area contributed by atoms with Gasteiger partial charge in [-0.05, 0) is 0 Å². The van der Waals surface area contributed by atoms with Crippen LogP contribution in [0.15, 0.2) is 17.8 Å². The van der Waals surface area contributed by atoms with E-state index in [1.165, 1.54) is 18.4 Å². The van der Waals surface area contributed by atoms with E-state index in [0.29, 0.717) is 12.2 Å². The van der Waals surface area contributed by atoms with E-state index in [-0.39, 0.29) is 0 Å². The van der Waals surface area contributed by atoms with E-state index in [4.69, 9.17) is 0 Å². The Morgan fingerprint density at radius 3 is 3.12 bits per heavy atom.